The Balaban J connectivity index is 1.36. The van der Waals surface area contributed by atoms with Crippen molar-refractivity contribution in [3.05, 3.63) is 76.1 Å². The van der Waals surface area contributed by atoms with Crippen molar-refractivity contribution >= 4 is 58.6 Å². The van der Waals surface area contributed by atoms with Crippen LogP contribution in [0.3, 0.4) is 0 Å². The van der Waals surface area contributed by atoms with Gasteiger partial charge in [-0.3, -0.25) is 19.7 Å². The Kier molecular flexibility index (Phi) is 7.74. The third-order valence-corrected chi connectivity index (χ3v) is 6.63. The molecule has 1 aliphatic heterocycles. The largest absolute Gasteiger partial charge is 0.477 e. The number of aromatic carboxylic acids is 2. The average molecular weight is 540 g/mol. The number of carbonyl (C=O) groups is 5. The van der Waals surface area contributed by atoms with E-state index in [4.69, 9.17) is 14.6 Å². The summed E-state index contributed by atoms with van der Waals surface area (Å²) in [5.74, 6) is -2.31. The molecule has 0 saturated carbocycles. The second kappa shape index (κ2) is 11.1. The molecule has 188 valence electrons. The first-order chi connectivity index (χ1) is 17.7. The van der Waals surface area contributed by atoms with E-state index >= 15 is 0 Å². The molecule has 0 unspecified atom stereocenters. The van der Waals surface area contributed by atoms with Gasteiger partial charge in [0.2, 0.25) is 0 Å². The third-order valence-electron chi connectivity index (χ3n) is 4.84. The molecule has 3 heterocycles. The Hall–Kier alpha value is -4.36. The maximum atomic E-state index is 12.6. The highest BCUT2D eigenvalue weighted by atomic mass is 32.2. The lowest BCUT2D eigenvalue weighted by atomic mass is 10.1. The molecule has 4 rings (SSSR count). The van der Waals surface area contributed by atoms with E-state index in [0.29, 0.717) is 33.3 Å². The summed E-state index contributed by atoms with van der Waals surface area (Å²) in [7, 11) is 0. The van der Waals surface area contributed by atoms with E-state index in [-0.39, 0.29) is 28.7 Å². The predicted molar refractivity (Wildman–Crippen MR) is 134 cm³/mol. The quantitative estimate of drug-likeness (QED) is 0.178. The fraction of sp³-hybridized carbons (Fsp3) is 0.0833. The van der Waals surface area contributed by atoms with Crippen LogP contribution < -0.4 is 10.6 Å². The predicted octanol–water partition coefficient (Wildman–Crippen LogP) is 3.58. The van der Waals surface area contributed by atoms with E-state index in [1.807, 2.05) is 0 Å². The first kappa shape index (κ1) is 25.7. The minimum Gasteiger partial charge on any atom is -0.477 e. The van der Waals surface area contributed by atoms with Gasteiger partial charge in [0.05, 0.1) is 4.91 Å². The molecule has 1 aliphatic rings. The monoisotopic (exact) mass is 539 g/mol. The summed E-state index contributed by atoms with van der Waals surface area (Å²) in [6, 6.07) is 12.6. The maximum absolute atomic E-state index is 12.6. The van der Waals surface area contributed by atoms with Crippen LogP contribution in [0.2, 0.25) is 0 Å². The molecule has 0 aliphatic carbocycles. The van der Waals surface area contributed by atoms with Crippen molar-refractivity contribution in [2.45, 2.75) is 4.90 Å². The van der Waals surface area contributed by atoms with E-state index in [1.54, 1.807) is 36.4 Å². The van der Waals surface area contributed by atoms with Crippen LogP contribution in [-0.4, -0.2) is 56.5 Å². The number of amides is 3. The van der Waals surface area contributed by atoms with Gasteiger partial charge in [-0.05, 0) is 48.2 Å². The number of carboxylic acid groups (broad SMARTS) is 2. The van der Waals surface area contributed by atoms with Crippen molar-refractivity contribution in [2.75, 3.05) is 12.3 Å². The molecule has 0 atom stereocenters. The Labute approximate surface area is 217 Å². The van der Waals surface area contributed by atoms with Crippen LogP contribution in [0.1, 0.15) is 37.1 Å². The number of furan rings is 1. The zero-order valence-corrected chi connectivity index (χ0v) is 20.4. The van der Waals surface area contributed by atoms with Crippen molar-refractivity contribution < 1.29 is 38.6 Å². The number of carbonyl (C=O) groups excluding carboxylic acids is 3. The first-order valence-electron chi connectivity index (χ1n) is 10.5. The number of carboxylic acids is 2. The van der Waals surface area contributed by atoms with Crippen LogP contribution in [-0.2, 0) is 4.79 Å². The fourth-order valence-electron chi connectivity index (χ4n) is 3.19. The van der Waals surface area contributed by atoms with Gasteiger partial charge in [0, 0.05) is 34.4 Å². The van der Waals surface area contributed by atoms with Crippen LogP contribution in [0, 0.1) is 0 Å². The number of hydrogen-bond acceptors (Lipinski definition) is 9. The molecule has 3 amide bonds. The van der Waals surface area contributed by atoms with Gasteiger partial charge in [-0.15, -0.1) is 11.8 Å². The number of pyridine rings is 1. The van der Waals surface area contributed by atoms with Crippen molar-refractivity contribution in [3.63, 3.8) is 0 Å². The van der Waals surface area contributed by atoms with E-state index in [1.165, 1.54) is 30.0 Å². The number of rotatable bonds is 9. The van der Waals surface area contributed by atoms with E-state index in [0.717, 1.165) is 11.8 Å². The van der Waals surface area contributed by atoms with Gasteiger partial charge in [-0.2, -0.15) is 0 Å². The summed E-state index contributed by atoms with van der Waals surface area (Å²) >= 11 is 1.97. The summed E-state index contributed by atoms with van der Waals surface area (Å²) in [5, 5.41) is 22.7. The first-order valence-corrected chi connectivity index (χ1v) is 12.3. The van der Waals surface area contributed by atoms with Crippen LogP contribution in [0.4, 0.5) is 4.79 Å². The highest BCUT2D eigenvalue weighted by Gasteiger charge is 2.25. The number of nitrogens with zero attached hydrogens (tertiary/aromatic N) is 1. The van der Waals surface area contributed by atoms with E-state index in [2.05, 4.69) is 15.6 Å². The van der Waals surface area contributed by atoms with Crippen molar-refractivity contribution in [1.82, 2.24) is 15.6 Å². The van der Waals surface area contributed by atoms with Crippen LogP contribution in [0.15, 0.2) is 62.7 Å². The van der Waals surface area contributed by atoms with Gasteiger partial charge < -0.3 is 19.9 Å². The lowest BCUT2D eigenvalue weighted by Crippen LogP contribution is -2.25. The number of thioether (sulfide) groups is 2. The SMILES string of the molecule is O=C1NC(=O)/C(=C\c2ccc(-c3cccc(C(=O)NCCSc4cc(C(=O)O)nc(C(=O)O)c4)c3)o2)S1. The molecule has 3 aromatic rings. The summed E-state index contributed by atoms with van der Waals surface area (Å²) in [5.41, 5.74) is 0.254. The molecule has 37 heavy (non-hydrogen) atoms. The lowest BCUT2D eigenvalue weighted by molar-refractivity contribution is -0.115. The molecular weight excluding hydrogens is 522 g/mol. The molecule has 0 spiro atoms. The maximum Gasteiger partial charge on any atom is 0.354 e. The molecule has 1 saturated heterocycles. The minimum atomic E-state index is -1.34. The van der Waals surface area contributed by atoms with Crippen molar-refractivity contribution in [3.8, 4) is 11.3 Å². The number of hydrogen-bond donors (Lipinski definition) is 4. The smallest absolute Gasteiger partial charge is 0.354 e. The van der Waals surface area contributed by atoms with Gasteiger partial charge >= 0.3 is 11.9 Å². The zero-order valence-electron chi connectivity index (χ0n) is 18.7. The number of imide groups is 1. The van der Waals surface area contributed by atoms with Crippen LogP contribution in [0.25, 0.3) is 17.4 Å². The van der Waals surface area contributed by atoms with Gasteiger partial charge in [0.1, 0.15) is 22.9 Å². The summed E-state index contributed by atoms with van der Waals surface area (Å²) in [4.78, 5) is 62.2. The molecule has 13 heteroatoms. The second-order valence-electron chi connectivity index (χ2n) is 7.42. The number of benzene rings is 1. The highest BCUT2D eigenvalue weighted by molar-refractivity contribution is 8.18. The topological polar surface area (TPSA) is 176 Å². The molecule has 2 aromatic heterocycles. The second-order valence-corrected chi connectivity index (χ2v) is 9.61. The Bertz CT molecular complexity index is 1430. The Morgan fingerprint density at radius 1 is 1.05 bits per heavy atom. The molecule has 11 nitrogen and oxygen atoms in total. The molecule has 1 fully saturated rings. The van der Waals surface area contributed by atoms with E-state index < -0.39 is 23.1 Å². The Morgan fingerprint density at radius 3 is 2.43 bits per heavy atom. The van der Waals surface area contributed by atoms with Crippen molar-refractivity contribution in [2.24, 2.45) is 0 Å². The third kappa shape index (κ3) is 6.45. The molecule has 0 radical (unpaired) electrons. The normalized spacial score (nSPS) is 14.0. The lowest BCUT2D eigenvalue weighted by Gasteiger charge is -2.07. The standard InChI is InChI=1S/C24H17N3O8S2/c28-20(25-6-7-36-15-10-16(22(30)31)26-17(11-15)23(32)33)13-3-1-2-12(8-13)18-5-4-14(35-18)9-19-21(29)27-24(34)37-19/h1-5,8-11H,6-7H2,(H,25,28)(H,30,31)(H,32,33)(H,27,29,34)/b19-9+. The summed E-state index contributed by atoms with van der Waals surface area (Å²) in [6.07, 6.45) is 1.46. The fourth-order valence-corrected chi connectivity index (χ4v) is 4.68. The van der Waals surface area contributed by atoms with Gasteiger partial charge in [-0.1, -0.05) is 12.1 Å². The minimum absolute atomic E-state index is 0.224. The number of aromatic nitrogens is 1. The molecule has 4 N–H and O–H groups in total. The van der Waals surface area contributed by atoms with Crippen LogP contribution in [0.5, 0.6) is 0 Å². The average Bonchev–Trinajstić information content (AvgIpc) is 3.47. The number of nitrogens with one attached hydrogen (secondary N) is 2. The molecule has 1 aromatic carbocycles. The Morgan fingerprint density at radius 2 is 1.78 bits per heavy atom. The summed E-state index contributed by atoms with van der Waals surface area (Å²) in [6.45, 7) is 0.234. The molecule has 0 bridgehead atoms. The van der Waals surface area contributed by atoms with Crippen molar-refractivity contribution in [1.29, 1.82) is 0 Å². The van der Waals surface area contributed by atoms with Gasteiger partial charge in [-0.25, -0.2) is 14.6 Å². The van der Waals surface area contributed by atoms with Crippen LogP contribution >= 0.6 is 23.5 Å². The van der Waals surface area contributed by atoms with E-state index in [9.17, 15) is 24.0 Å². The summed E-state index contributed by atoms with van der Waals surface area (Å²) < 4.78 is 5.75. The zero-order chi connectivity index (χ0) is 26.5. The van der Waals surface area contributed by atoms with Gasteiger partial charge in [0.25, 0.3) is 17.1 Å². The van der Waals surface area contributed by atoms with Gasteiger partial charge in [0.15, 0.2) is 0 Å². The molecular formula is C24H17N3O8S2. The highest BCUT2D eigenvalue weighted by Crippen LogP contribution is 2.29.